The largest absolute Gasteiger partial charge is 0.265 e. The van der Waals surface area contributed by atoms with Crippen LogP contribution in [0.4, 0.5) is 0 Å². The number of aromatic nitrogens is 3. The van der Waals surface area contributed by atoms with Crippen molar-refractivity contribution in [1.29, 1.82) is 0 Å². The van der Waals surface area contributed by atoms with Gasteiger partial charge in [-0.1, -0.05) is 164 Å². The molecule has 0 radical (unpaired) electrons. The van der Waals surface area contributed by atoms with Crippen LogP contribution in [0.5, 0.6) is 0 Å². The number of nitrogens with zero attached hydrogens (tertiary/aromatic N) is 3. The van der Waals surface area contributed by atoms with Crippen molar-refractivity contribution in [2.75, 3.05) is 0 Å². The maximum atomic E-state index is 5.34. The van der Waals surface area contributed by atoms with Crippen LogP contribution < -0.4 is 0 Å². The first-order valence-electron chi connectivity index (χ1n) is 18.9. The smallest absolute Gasteiger partial charge is 0.160 e. The quantitative estimate of drug-likeness (QED) is 0.165. The van der Waals surface area contributed by atoms with Gasteiger partial charge in [-0.3, -0.25) is 4.98 Å². The molecule has 10 rings (SSSR count). The maximum absolute atomic E-state index is 5.34. The normalized spacial score (nSPS) is 11.2. The summed E-state index contributed by atoms with van der Waals surface area (Å²) in [4.78, 5) is 14.8. The van der Waals surface area contributed by atoms with E-state index in [0.717, 1.165) is 55.9 Å². The molecule has 0 aliphatic heterocycles. The van der Waals surface area contributed by atoms with E-state index < -0.39 is 0 Å². The van der Waals surface area contributed by atoms with Crippen LogP contribution in [-0.2, 0) is 0 Å². The molecule has 0 aliphatic carbocycles. The molecule has 0 bridgehead atoms. The molecule has 0 spiro atoms. The van der Waals surface area contributed by atoms with Gasteiger partial charge in [0.1, 0.15) is 0 Å². The summed E-state index contributed by atoms with van der Waals surface area (Å²) < 4.78 is 0. The lowest BCUT2D eigenvalue weighted by Gasteiger charge is -2.15. The van der Waals surface area contributed by atoms with E-state index in [1.807, 2.05) is 30.6 Å². The molecule has 3 nitrogen and oxygen atoms in total. The lowest BCUT2D eigenvalue weighted by molar-refractivity contribution is 1.18. The summed E-state index contributed by atoms with van der Waals surface area (Å²) in [6, 6.07) is 71.1. The van der Waals surface area contributed by atoms with Crippen molar-refractivity contribution in [2.45, 2.75) is 0 Å². The van der Waals surface area contributed by atoms with Gasteiger partial charge in [-0.05, 0) is 102 Å². The summed E-state index contributed by atoms with van der Waals surface area (Å²) in [7, 11) is 0. The standard InChI is InChI=1S/C53H35N3/c1-2-10-36(11-3-1)37-20-24-42(25-21-37)51-35-52(56-53(55-51)43-26-22-38(23-27-43)39-28-30-54-31-29-39)46-33-44(49-18-8-14-40-12-4-6-16-47(40)49)32-45(34-46)50-19-9-15-41-13-5-7-17-48(41)50/h1-35H. The monoisotopic (exact) mass is 713 g/mol. The maximum Gasteiger partial charge on any atom is 0.160 e. The van der Waals surface area contributed by atoms with Crippen molar-refractivity contribution in [3.63, 3.8) is 0 Å². The Morgan fingerprint density at radius 2 is 0.696 bits per heavy atom. The SMILES string of the molecule is c1ccc(-c2ccc(-c3cc(-c4cc(-c5cccc6ccccc56)cc(-c5cccc6ccccc56)c4)nc(-c4ccc(-c5ccncc5)cc4)n3)cc2)cc1. The lowest BCUT2D eigenvalue weighted by atomic mass is 9.90. The topological polar surface area (TPSA) is 38.7 Å². The van der Waals surface area contributed by atoms with Crippen LogP contribution in [0.2, 0.25) is 0 Å². The fourth-order valence-corrected chi connectivity index (χ4v) is 7.73. The molecule has 0 saturated heterocycles. The Hall–Kier alpha value is -7.49. The van der Waals surface area contributed by atoms with Gasteiger partial charge in [-0.25, -0.2) is 9.97 Å². The van der Waals surface area contributed by atoms with Gasteiger partial charge in [0.15, 0.2) is 5.82 Å². The zero-order chi connectivity index (χ0) is 37.3. The van der Waals surface area contributed by atoms with Crippen molar-refractivity contribution in [3.05, 3.63) is 213 Å². The summed E-state index contributed by atoms with van der Waals surface area (Å²) in [5.74, 6) is 0.674. The first-order valence-corrected chi connectivity index (χ1v) is 18.9. The summed E-state index contributed by atoms with van der Waals surface area (Å²) in [6.07, 6.45) is 3.65. The number of hydrogen-bond donors (Lipinski definition) is 0. The van der Waals surface area contributed by atoms with Crippen LogP contribution in [0.1, 0.15) is 0 Å². The molecule has 0 aliphatic rings. The van der Waals surface area contributed by atoms with Crippen molar-refractivity contribution < 1.29 is 0 Å². The number of hydrogen-bond acceptors (Lipinski definition) is 3. The van der Waals surface area contributed by atoms with Crippen LogP contribution in [0.3, 0.4) is 0 Å². The Kier molecular flexibility index (Phi) is 8.51. The highest BCUT2D eigenvalue weighted by atomic mass is 14.9. The van der Waals surface area contributed by atoms with Gasteiger partial charge in [-0.2, -0.15) is 0 Å². The minimum Gasteiger partial charge on any atom is -0.265 e. The minimum absolute atomic E-state index is 0.674. The van der Waals surface area contributed by atoms with E-state index >= 15 is 0 Å². The van der Waals surface area contributed by atoms with Crippen LogP contribution >= 0.6 is 0 Å². The van der Waals surface area contributed by atoms with E-state index in [1.165, 1.54) is 38.2 Å². The molecule has 0 amide bonds. The summed E-state index contributed by atoms with van der Waals surface area (Å²) in [5, 5.41) is 4.85. The third-order valence-electron chi connectivity index (χ3n) is 10.6. The van der Waals surface area contributed by atoms with E-state index in [2.05, 4.69) is 187 Å². The highest BCUT2D eigenvalue weighted by molar-refractivity contribution is 6.01. The molecular formula is C53H35N3. The minimum atomic E-state index is 0.674. The Morgan fingerprint density at radius 3 is 1.29 bits per heavy atom. The number of pyridine rings is 1. The molecule has 56 heavy (non-hydrogen) atoms. The number of rotatable bonds is 7. The first kappa shape index (κ1) is 33.1. The zero-order valence-electron chi connectivity index (χ0n) is 30.5. The molecule has 0 unspecified atom stereocenters. The summed E-state index contributed by atoms with van der Waals surface area (Å²) in [5.41, 5.74) is 14.0. The molecule has 8 aromatic carbocycles. The molecule has 3 heteroatoms. The van der Waals surface area contributed by atoms with Gasteiger partial charge >= 0.3 is 0 Å². The van der Waals surface area contributed by atoms with E-state index in [9.17, 15) is 0 Å². The van der Waals surface area contributed by atoms with E-state index in [0.29, 0.717) is 5.82 Å². The average molecular weight is 714 g/mol. The molecule has 0 N–H and O–H groups in total. The van der Waals surface area contributed by atoms with Crippen LogP contribution in [-0.4, -0.2) is 15.0 Å². The second kappa shape index (κ2) is 14.4. The Morgan fingerprint density at radius 1 is 0.268 bits per heavy atom. The molecule has 262 valence electrons. The molecular weight excluding hydrogens is 679 g/mol. The molecule has 0 atom stereocenters. The van der Waals surface area contributed by atoms with E-state index in [-0.39, 0.29) is 0 Å². The summed E-state index contributed by atoms with van der Waals surface area (Å²) >= 11 is 0. The van der Waals surface area contributed by atoms with Gasteiger partial charge in [-0.15, -0.1) is 0 Å². The van der Waals surface area contributed by atoms with Crippen LogP contribution in [0.25, 0.3) is 100.0 Å². The van der Waals surface area contributed by atoms with Gasteiger partial charge in [0.25, 0.3) is 0 Å². The van der Waals surface area contributed by atoms with Crippen molar-refractivity contribution in [1.82, 2.24) is 15.0 Å². The molecule has 10 aromatic rings. The second-order valence-corrected chi connectivity index (χ2v) is 14.1. The van der Waals surface area contributed by atoms with Crippen LogP contribution in [0, 0.1) is 0 Å². The van der Waals surface area contributed by atoms with Gasteiger partial charge in [0.2, 0.25) is 0 Å². The predicted molar refractivity (Wildman–Crippen MR) is 233 cm³/mol. The van der Waals surface area contributed by atoms with E-state index in [1.54, 1.807) is 0 Å². The van der Waals surface area contributed by atoms with Gasteiger partial charge in [0.05, 0.1) is 11.4 Å². The fourth-order valence-electron chi connectivity index (χ4n) is 7.73. The van der Waals surface area contributed by atoms with Gasteiger partial charge < -0.3 is 0 Å². The highest BCUT2D eigenvalue weighted by Crippen LogP contribution is 2.39. The van der Waals surface area contributed by atoms with Crippen molar-refractivity contribution in [2.24, 2.45) is 0 Å². The number of fused-ring (bicyclic) bond motifs is 2. The third-order valence-corrected chi connectivity index (χ3v) is 10.6. The second-order valence-electron chi connectivity index (χ2n) is 14.1. The third kappa shape index (κ3) is 6.42. The summed E-state index contributed by atoms with van der Waals surface area (Å²) in [6.45, 7) is 0. The molecule has 0 fully saturated rings. The average Bonchev–Trinajstić information content (AvgIpc) is 3.29. The highest BCUT2D eigenvalue weighted by Gasteiger charge is 2.16. The lowest BCUT2D eigenvalue weighted by Crippen LogP contribution is -1.97. The van der Waals surface area contributed by atoms with Gasteiger partial charge in [0, 0.05) is 29.1 Å². The Balaban J connectivity index is 1.18. The van der Waals surface area contributed by atoms with Crippen molar-refractivity contribution >= 4 is 21.5 Å². The zero-order valence-corrected chi connectivity index (χ0v) is 30.5. The molecule has 0 saturated carbocycles. The Labute approximate surface area is 326 Å². The Bertz CT molecular complexity index is 2780. The molecule has 2 aromatic heterocycles. The fraction of sp³-hybridized carbons (Fsp3) is 0. The van der Waals surface area contributed by atoms with E-state index in [4.69, 9.17) is 9.97 Å². The van der Waals surface area contributed by atoms with Crippen molar-refractivity contribution in [3.8, 4) is 78.4 Å². The number of benzene rings is 8. The first-order chi connectivity index (χ1) is 27.7. The predicted octanol–water partition coefficient (Wildman–Crippen LogP) is 13.8. The van der Waals surface area contributed by atoms with Crippen LogP contribution in [0.15, 0.2) is 213 Å². The molecule has 2 heterocycles.